The third-order valence-electron chi connectivity index (χ3n) is 5.72. The van der Waals surface area contributed by atoms with Gasteiger partial charge >= 0.3 is 0 Å². The fourth-order valence-corrected chi connectivity index (χ4v) is 4.39. The Morgan fingerprint density at radius 3 is 2.96 bits per heavy atom. The zero-order valence-electron chi connectivity index (χ0n) is 14.5. The summed E-state index contributed by atoms with van der Waals surface area (Å²) in [5.74, 6) is 0.929. The highest BCUT2D eigenvalue weighted by molar-refractivity contribution is 5.85. The van der Waals surface area contributed by atoms with Gasteiger partial charge in [-0.2, -0.15) is 0 Å². The van der Waals surface area contributed by atoms with Gasteiger partial charge in [0, 0.05) is 56.4 Å². The van der Waals surface area contributed by atoms with E-state index in [1.165, 1.54) is 48.9 Å². The van der Waals surface area contributed by atoms with Crippen LogP contribution in [-0.4, -0.2) is 53.2 Å². The molecule has 0 spiro atoms. The number of hydrogen-bond acceptors (Lipinski definition) is 3. The quantitative estimate of drug-likeness (QED) is 0.869. The second-order valence-corrected chi connectivity index (χ2v) is 7.22. The maximum absolute atomic E-state index is 5.37. The number of methoxy groups -OCH3 is 1. The summed E-state index contributed by atoms with van der Waals surface area (Å²) in [5, 5.41) is 1.36. The molecule has 2 aromatic rings. The van der Waals surface area contributed by atoms with Gasteiger partial charge in [-0.3, -0.25) is 9.80 Å². The monoisotopic (exact) mass is 313 g/mol. The first-order chi connectivity index (χ1) is 11.2. The molecular weight excluding hydrogens is 286 g/mol. The number of aromatic nitrogens is 1. The van der Waals surface area contributed by atoms with Gasteiger partial charge in [-0.15, -0.1) is 0 Å². The highest BCUT2D eigenvalue weighted by Crippen LogP contribution is 2.29. The molecule has 2 saturated heterocycles. The van der Waals surface area contributed by atoms with E-state index in [9.17, 15) is 0 Å². The standard InChI is InChI=1S/C19H27N3O/c1-14-10-21-8-4-5-16(21)13-22(14)12-15-11-20(2)19-9-17(23-3)6-7-18(15)19/h6-7,9,11,14,16H,4-5,8,10,12-13H2,1-3H3/t14-,16?/m0/s1. The van der Waals surface area contributed by atoms with Crippen LogP contribution in [0.4, 0.5) is 0 Å². The van der Waals surface area contributed by atoms with Gasteiger partial charge in [-0.1, -0.05) is 0 Å². The first-order valence-electron chi connectivity index (χ1n) is 8.76. The van der Waals surface area contributed by atoms with Gasteiger partial charge in [0.25, 0.3) is 0 Å². The van der Waals surface area contributed by atoms with Crippen LogP contribution >= 0.6 is 0 Å². The van der Waals surface area contributed by atoms with Gasteiger partial charge in [0.05, 0.1) is 12.6 Å². The van der Waals surface area contributed by atoms with Crippen molar-refractivity contribution in [3.05, 3.63) is 30.0 Å². The summed E-state index contributed by atoms with van der Waals surface area (Å²) in [6.45, 7) is 7.17. The molecule has 124 valence electrons. The SMILES string of the molecule is COc1ccc2c(CN3CC4CCCN4C[C@@H]3C)cn(C)c2c1. The van der Waals surface area contributed by atoms with Crippen LogP contribution < -0.4 is 4.74 Å². The van der Waals surface area contributed by atoms with E-state index in [1.54, 1.807) is 7.11 Å². The summed E-state index contributed by atoms with van der Waals surface area (Å²) in [6, 6.07) is 7.83. The number of rotatable bonds is 3. The number of benzene rings is 1. The Morgan fingerprint density at radius 1 is 1.26 bits per heavy atom. The Bertz CT molecular complexity index is 708. The molecule has 2 fully saturated rings. The second kappa shape index (κ2) is 5.84. The van der Waals surface area contributed by atoms with E-state index in [0.717, 1.165) is 18.3 Å². The van der Waals surface area contributed by atoms with Crippen molar-refractivity contribution in [1.82, 2.24) is 14.4 Å². The molecule has 3 heterocycles. The molecular formula is C19H27N3O. The number of fused-ring (bicyclic) bond motifs is 2. The fraction of sp³-hybridized carbons (Fsp3) is 0.579. The molecule has 4 rings (SSSR count). The molecule has 2 aliphatic rings. The zero-order valence-corrected chi connectivity index (χ0v) is 14.5. The number of aryl methyl sites for hydroxylation is 1. The van der Waals surface area contributed by atoms with Crippen LogP contribution in [0, 0.1) is 0 Å². The minimum atomic E-state index is 0.637. The third kappa shape index (κ3) is 2.64. The lowest BCUT2D eigenvalue weighted by Crippen LogP contribution is -2.54. The van der Waals surface area contributed by atoms with Crippen molar-refractivity contribution in [2.24, 2.45) is 7.05 Å². The normalized spacial score (nSPS) is 25.9. The topological polar surface area (TPSA) is 20.6 Å². The summed E-state index contributed by atoms with van der Waals surface area (Å²) in [7, 11) is 3.86. The predicted octanol–water partition coefficient (Wildman–Crippen LogP) is 2.86. The van der Waals surface area contributed by atoms with Crippen molar-refractivity contribution in [2.75, 3.05) is 26.7 Å². The predicted molar refractivity (Wildman–Crippen MR) is 93.9 cm³/mol. The molecule has 0 bridgehead atoms. The molecule has 0 aliphatic carbocycles. The van der Waals surface area contributed by atoms with Crippen LogP contribution in [0.2, 0.25) is 0 Å². The van der Waals surface area contributed by atoms with E-state index < -0.39 is 0 Å². The summed E-state index contributed by atoms with van der Waals surface area (Å²) in [5.41, 5.74) is 2.69. The molecule has 0 N–H and O–H groups in total. The van der Waals surface area contributed by atoms with Gasteiger partial charge in [0.1, 0.15) is 5.75 Å². The van der Waals surface area contributed by atoms with E-state index in [4.69, 9.17) is 4.74 Å². The minimum Gasteiger partial charge on any atom is -0.497 e. The maximum atomic E-state index is 5.37. The van der Waals surface area contributed by atoms with Crippen LogP contribution in [-0.2, 0) is 13.6 Å². The largest absolute Gasteiger partial charge is 0.497 e. The van der Waals surface area contributed by atoms with E-state index >= 15 is 0 Å². The molecule has 4 heteroatoms. The average molecular weight is 313 g/mol. The van der Waals surface area contributed by atoms with Crippen molar-refractivity contribution in [3.63, 3.8) is 0 Å². The summed E-state index contributed by atoms with van der Waals surface area (Å²) >= 11 is 0. The van der Waals surface area contributed by atoms with Gasteiger partial charge in [0.2, 0.25) is 0 Å². The Morgan fingerprint density at radius 2 is 2.13 bits per heavy atom. The molecule has 2 atom stereocenters. The minimum absolute atomic E-state index is 0.637. The van der Waals surface area contributed by atoms with Crippen LogP contribution in [0.5, 0.6) is 5.75 Å². The highest BCUT2D eigenvalue weighted by atomic mass is 16.5. The first-order valence-corrected chi connectivity index (χ1v) is 8.76. The third-order valence-corrected chi connectivity index (χ3v) is 5.72. The summed E-state index contributed by atoms with van der Waals surface area (Å²) < 4.78 is 7.60. The van der Waals surface area contributed by atoms with Crippen molar-refractivity contribution in [2.45, 2.75) is 38.4 Å². The molecule has 0 saturated carbocycles. The van der Waals surface area contributed by atoms with Crippen molar-refractivity contribution >= 4 is 10.9 Å². The summed E-state index contributed by atoms with van der Waals surface area (Å²) in [4.78, 5) is 5.36. The average Bonchev–Trinajstić information content (AvgIpc) is 3.12. The number of hydrogen-bond donors (Lipinski definition) is 0. The Kier molecular flexibility index (Phi) is 3.82. The van der Waals surface area contributed by atoms with Crippen LogP contribution in [0.15, 0.2) is 24.4 Å². The van der Waals surface area contributed by atoms with Crippen LogP contribution in [0.1, 0.15) is 25.3 Å². The maximum Gasteiger partial charge on any atom is 0.120 e. The molecule has 1 unspecified atom stereocenters. The summed E-state index contributed by atoms with van der Waals surface area (Å²) in [6.07, 6.45) is 5.03. The first kappa shape index (κ1) is 15.0. The van der Waals surface area contributed by atoms with Gasteiger partial charge in [-0.25, -0.2) is 0 Å². The molecule has 2 aliphatic heterocycles. The second-order valence-electron chi connectivity index (χ2n) is 7.22. The van der Waals surface area contributed by atoms with E-state index in [0.29, 0.717) is 6.04 Å². The molecule has 1 aromatic carbocycles. The van der Waals surface area contributed by atoms with Crippen LogP contribution in [0.3, 0.4) is 0 Å². The van der Waals surface area contributed by atoms with Gasteiger partial charge in [-0.05, 0) is 44.0 Å². The van der Waals surface area contributed by atoms with Gasteiger partial charge < -0.3 is 9.30 Å². The Labute approximate surface area is 138 Å². The van der Waals surface area contributed by atoms with Gasteiger partial charge in [0.15, 0.2) is 0 Å². The van der Waals surface area contributed by atoms with E-state index in [-0.39, 0.29) is 0 Å². The van der Waals surface area contributed by atoms with Crippen molar-refractivity contribution in [3.8, 4) is 5.75 Å². The highest BCUT2D eigenvalue weighted by Gasteiger charge is 2.34. The van der Waals surface area contributed by atoms with E-state index in [2.05, 4.69) is 52.7 Å². The molecule has 23 heavy (non-hydrogen) atoms. The lowest BCUT2D eigenvalue weighted by molar-refractivity contribution is 0.0543. The Hall–Kier alpha value is -1.52. The molecule has 1 aromatic heterocycles. The smallest absolute Gasteiger partial charge is 0.120 e. The number of piperazine rings is 1. The number of ether oxygens (including phenoxy) is 1. The molecule has 0 radical (unpaired) electrons. The lowest BCUT2D eigenvalue weighted by Gasteiger charge is -2.42. The molecule has 4 nitrogen and oxygen atoms in total. The fourth-order valence-electron chi connectivity index (χ4n) is 4.39. The number of nitrogens with zero attached hydrogens (tertiary/aromatic N) is 3. The van der Waals surface area contributed by atoms with E-state index in [1.807, 2.05) is 0 Å². The zero-order chi connectivity index (χ0) is 16.0. The Balaban J connectivity index is 1.60. The van der Waals surface area contributed by atoms with Crippen molar-refractivity contribution in [1.29, 1.82) is 0 Å². The van der Waals surface area contributed by atoms with Crippen LogP contribution in [0.25, 0.3) is 10.9 Å². The molecule has 0 amide bonds. The lowest BCUT2D eigenvalue weighted by atomic mass is 10.1. The van der Waals surface area contributed by atoms with Crippen molar-refractivity contribution < 1.29 is 4.74 Å².